The van der Waals surface area contributed by atoms with Crippen molar-refractivity contribution in [1.29, 1.82) is 0 Å². The van der Waals surface area contributed by atoms with Crippen LogP contribution in [0, 0.1) is 5.82 Å². The van der Waals surface area contributed by atoms with E-state index in [9.17, 15) is 4.39 Å². The van der Waals surface area contributed by atoms with Crippen molar-refractivity contribution in [1.82, 2.24) is 10.6 Å². The average Bonchev–Trinajstić information content (AvgIpc) is 2.28. The van der Waals surface area contributed by atoms with Crippen molar-refractivity contribution in [3.63, 3.8) is 0 Å². The van der Waals surface area contributed by atoms with Crippen molar-refractivity contribution in [2.75, 3.05) is 0 Å². The predicted molar refractivity (Wildman–Crippen MR) is 73.3 cm³/mol. The summed E-state index contributed by atoms with van der Waals surface area (Å²) >= 11 is 5.20. The van der Waals surface area contributed by atoms with Gasteiger partial charge in [-0.05, 0) is 50.2 Å². The highest BCUT2D eigenvalue weighted by atomic mass is 32.1. The molecule has 0 radical (unpaired) electrons. The molecule has 0 aromatic heterocycles. The first-order valence-electron chi connectivity index (χ1n) is 5.73. The van der Waals surface area contributed by atoms with Crippen LogP contribution in [-0.2, 0) is 6.54 Å². The van der Waals surface area contributed by atoms with Gasteiger partial charge in [0.1, 0.15) is 5.82 Å². The molecule has 0 heterocycles. The minimum atomic E-state index is -0.221. The fourth-order valence-corrected chi connectivity index (χ4v) is 1.57. The smallest absolute Gasteiger partial charge is 0.166 e. The van der Waals surface area contributed by atoms with Crippen molar-refractivity contribution in [3.8, 4) is 0 Å². The first-order chi connectivity index (χ1) is 7.93. The molecule has 0 amide bonds. The summed E-state index contributed by atoms with van der Waals surface area (Å²) in [5, 5.41) is 6.97. The van der Waals surface area contributed by atoms with Crippen LogP contribution in [0.1, 0.15) is 32.8 Å². The van der Waals surface area contributed by atoms with Gasteiger partial charge in [0.15, 0.2) is 5.11 Å². The number of hydrogen-bond donors (Lipinski definition) is 2. The highest BCUT2D eigenvalue weighted by Gasteiger charge is 2.15. The van der Waals surface area contributed by atoms with Crippen LogP contribution in [0.3, 0.4) is 0 Å². The minimum absolute atomic E-state index is 0.00706. The zero-order valence-corrected chi connectivity index (χ0v) is 11.3. The molecular weight excluding hydrogens is 235 g/mol. The van der Waals surface area contributed by atoms with Crippen molar-refractivity contribution >= 4 is 17.3 Å². The first kappa shape index (κ1) is 13.9. The monoisotopic (exact) mass is 254 g/mol. The summed E-state index contributed by atoms with van der Waals surface area (Å²) in [4.78, 5) is 0. The van der Waals surface area contributed by atoms with Crippen LogP contribution < -0.4 is 10.6 Å². The first-order valence-corrected chi connectivity index (χ1v) is 6.14. The van der Waals surface area contributed by atoms with Gasteiger partial charge >= 0.3 is 0 Å². The van der Waals surface area contributed by atoms with Crippen LogP contribution >= 0.6 is 12.2 Å². The molecular formula is C13H19FN2S. The molecule has 0 saturated carbocycles. The second kappa shape index (κ2) is 5.96. The van der Waals surface area contributed by atoms with Crippen molar-refractivity contribution in [2.24, 2.45) is 0 Å². The average molecular weight is 254 g/mol. The van der Waals surface area contributed by atoms with E-state index in [1.165, 1.54) is 12.1 Å². The zero-order chi connectivity index (χ0) is 12.9. The molecule has 2 nitrogen and oxygen atoms in total. The van der Waals surface area contributed by atoms with Crippen LogP contribution in [0.5, 0.6) is 0 Å². The third kappa shape index (κ3) is 5.13. The van der Waals surface area contributed by atoms with Crippen molar-refractivity contribution in [3.05, 3.63) is 35.6 Å². The van der Waals surface area contributed by atoms with Crippen molar-refractivity contribution in [2.45, 2.75) is 39.3 Å². The Morgan fingerprint density at radius 3 is 2.41 bits per heavy atom. The van der Waals surface area contributed by atoms with Crippen LogP contribution in [0.2, 0.25) is 0 Å². The third-order valence-electron chi connectivity index (χ3n) is 2.70. The lowest BCUT2D eigenvalue weighted by Crippen LogP contribution is -2.47. The van der Waals surface area contributed by atoms with Crippen LogP contribution in [0.15, 0.2) is 24.3 Å². The van der Waals surface area contributed by atoms with Gasteiger partial charge < -0.3 is 10.6 Å². The van der Waals surface area contributed by atoms with E-state index in [-0.39, 0.29) is 11.4 Å². The second-order valence-corrected chi connectivity index (χ2v) is 5.08. The van der Waals surface area contributed by atoms with Crippen LogP contribution in [-0.4, -0.2) is 10.7 Å². The molecule has 0 spiro atoms. The summed E-state index contributed by atoms with van der Waals surface area (Å²) in [6.07, 6.45) is 0.991. The number of thiocarbonyl (C=S) groups is 1. The summed E-state index contributed by atoms with van der Waals surface area (Å²) < 4.78 is 12.7. The van der Waals surface area contributed by atoms with Gasteiger partial charge in [0.2, 0.25) is 0 Å². The van der Waals surface area contributed by atoms with Gasteiger partial charge in [-0.2, -0.15) is 0 Å². The predicted octanol–water partition coefficient (Wildman–Crippen LogP) is 2.98. The summed E-state index contributed by atoms with van der Waals surface area (Å²) in [5.41, 5.74) is 0.997. The quantitative estimate of drug-likeness (QED) is 0.808. The molecule has 0 bridgehead atoms. The molecule has 94 valence electrons. The number of rotatable bonds is 4. The third-order valence-corrected chi connectivity index (χ3v) is 2.95. The number of halogens is 1. The van der Waals surface area contributed by atoms with Crippen LogP contribution in [0.25, 0.3) is 0 Å². The van der Waals surface area contributed by atoms with E-state index in [2.05, 4.69) is 31.4 Å². The minimum Gasteiger partial charge on any atom is -0.359 e. The Hall–Kier alpha value is -1.16. The Balaban J connectivity index is 2.41. The van der Waals surface area contributed by atoms with E-state index < -0.39 is 0 Å². The SMILES string of the molecule is CCC(C)(C)NC(=S)NCc1ccc(F)cc1. The molecule has 1 rings (SSSR count). The van der Waals surface area contributed by atoms with Crippen molar-refractivity contribution < 1.29 is 4.39 Å². The standard InChI is InChI=1S/C13H19FN2S/c1-4-13(2,3)16-12(17)15-9-10-5-7-11(14)8-6-10/h5-8H,4,9H2,1-3H3,(H2,15,16,17). The lowest BCUT2D eigenvalue weighted by atomic mass is 10.0. The van der Waals surface area contributed by atoms with Gasteiger partial charge in [0.05, 0.1) is 0 Å². The molecule has 1 aromatic carbocycles. The lowest BCUT2D eigenvalue weighted by Gasteiger charge is -2.26. The Kier molecular flexibility index (Phi) is 4.87. The normalized spacial score (nSPS) is 11.1. The summed E-state index contributed by atoms with van der Waals surface area (Å²) in [7, 11) is 0. The number of benzene rings is 1. The molecule has 0 aliphatic carbocycles. The number of nitrogens with one attached hydrogen (secondary N) is 2. The largest absolute Gasteiger partial charge is 0.359 e. The van der Waals surface area contributed by atoms with E-state index >= 15 is 0 Å². The summed E-state index contributed by atoms with van der Waals surface area (Å²) in [6, 6.07) is 6.39. The molecule has 0 aliphatic rings. The van der Waals surface area contributed by atoms with Gasteiger partial charge in [-0.1, -0.05) is 19.1 Å². The maximum Gasteiger partial charge on any atom is 0.166 e. The molecule has 0 aliphatic heterocycles. The molecule has 4 heteroatoms. The van der Waals surface area contributed by atoms with Gasteiger partial charge in [-0.25, -0.2) is 4.39 Å². The highest BCUT2D eigenvalue weighted by Crippen LogP contribution is 2.06. The molecule has 0 fully saturated rings. The summed E-state index contributed by atoms with van der Waals surface area (Å²) in [6.45, 7) is 6.90. The van der Waals surface area contributed by atoms with Gasteiger partial charge in [0, 0.05) is 12.1 Å². The Bertz CT molecular complexity index is 374. The topological polar surface area (TPSA) is 24.1 Å². The zero-order valence-electron chi connectivity index (χ0n) is 10.5. The molecule has 0 unspecified atom stereocenters. The lowest BCUT2D eigenvalue weighted by molar-refractivity contribution is 0.442. The molecule has 2 N–H and O–H groups in total. The van der Waals surface area contributed by atoms with E-state index in [0.717, 1.165) is 12.0 Å². The van der Waals surface area contributed by atoms with Gasteiger partial charge in [-0.3, -0.25) is 0 Å². The fraction of sp³-hybridized carbons (Fsp3) is 0.462. The van der Waals surface area contributed by atoms with Gasteiger partial charge in [0.25, 0.3) is 0 Å². The Labute approximate surface area is 108 Å². The van der Waals surface area contributed by atoms with Gasteiger partial charge in [-0.15, -0.1) is 0 Å². The van der Waals surface area contributed by atoms with E-state index in [0.29, 0.717) is 11.7 Å². The van der Waals surface area contributed by atoms with E-state index in [1.807, 2.05) is 0 Å². The maximum absolute atomic E-state index is 12.7. The molecule has 0 atom stereocenters. The van der Waals surface area contributed by atoms with E-state index in [4.69, 9.17) is 12.2 Å². The maximum atomic E-state index is 12.7. The molecule has 17 heavy (non-hydrogen) atoms. The fourth-order valence-electron chi connectivity index (χ4n) is 1.22. The summed E-state index contributed by atoms with van der Waals surface area (Å²) in [5.74, 6) is -0.221. The Morgan fingerprint density at radius 2 is 1.88 bits per heavy atom. The van der Waals surface area contributed by atoms with E-state index in [1.54, 1.807) is 12.1 Å². The molecule has 1 aromatic rings. The Morgan fingerprint density at radius 1 is 1.29 bits per heavy atom. The highest BCUT2D eigenvalue weighted by molar-refractivity contribution is 7.80. The van der Waals surface area contributed by atoms with Crippen LogP contribution in [0.4, 0.5) is 4.39 Å². The second-order valence-electron chi connectivity index (χ2n) is 4.67. The molecule has 0 saturated heterocycles. The number of hydrogen-bond acceptors (Lipinski definition) is 1.